The van der Waals surface area contributed by atoms with Gasteiger partial charge < -0.3 is 5.32 Å². The number of allylic oxidation sites excluding steroid dienone is 1. The van der Waals surface area contributed by atoms with Crippen LogP contribution in [-0.2, 0) is 0 Å². The zero-order valence-electron chi connectivity index (χ0n) is 9.86. The lowest BCUT2D eigenvalue weighted by Gasteiger charge is -2.07. The fraction of sp³-hybridized carbons (Fsp3) is 0.769. The number of nitrogens with one attached hydrogen (secondary N) is 1. The molecule has 0 spiro atoms. The first-order valence-corrected chi connectivity index (χ1v) is 5.97. The van der Waals surface area contributed by atoms with Crippen LogP contribution in [0.3, 0.4) is 0 Å². The van der Waals surface area contributed by atoms with Crippen molar-refractivity contribution in [1.82, 2.24) is 5.32 Å². The Labute approximate surface area is 89.3 Å². The highest BCUT2D eigenvalue weighted by atomic mass is 14.9. The standard InChI is InChI=1S/C13H25N/c1-4-7-9-11-13(6-3)14-12-10-8-5-2/h14H,3-5,7-12H2,1-2H3. The normalized spacial score (nSPS) is 9.57. The second-order valence-corrected chi connectivity index (χ2v) is 3.75. The van der Waals surface area contributed by atoms with Gasteiger partial charge in [-0.25, -0.2) is 0 Å². The van der Waals surface area contributed by atoms with Crippen LogP contribution in [0.2, 0.25) is 0 Å². The Balaban J connectivity index is 3.45. The lowest BCUT2D eigenvalue weighted by atomic mass is 10.1. The highest BCUT2D eigenvalue weighted by molar-refractivity contribution is 4.95. The van der Waals surface area contributed by atoms with Crippen LogP contribution in [-0.4, -0.2) is 6.54 Å². The van der Waals surface area contributed by atoms with Crippen LogP contribution in [0.15, 0.2) is 18.0 Å². The average molecular weight is 195 g/mol. The van der Waals surface area contributed by atoms with Gasteiger partial charge in [-0.3, -0.25) is 0 Å². The first-order chi connectivity index (χ1) is 6.85. The molecule has 0 bridgehead atoms. The molecule has 0 aromatic rings. The molecule has 0 fully saturated rings. The number of hydrogen-bond acceptors (Lipinski definition) is 1. The summed E-state index contributed by atoms with van der Waals surface area (Å²) >= 11 is 0. The van der Waals surface area contributed by atoms with E-state index in [0.717, 1.165) is 13.0 Å². The molecule has 0 aliphatic carbocycles. The van der Waals surface area contributed by atoms with E-state index in [2.05, 4.69) is 31.5 Å². The molecule has 0 aromatic heterocycles. The van der Waals surface area contributed by atoms with Crippen molar-refractivity contribution in [2.24, 2.45) is 0 Å². The Morgan fingerprint density at radius 2 is 1.71 bits per heavy atom. The summed E-state index contributed by atoms with van der Waals surface area (Å²) < 4.78 is 0. The summed E-state index contributed by atoms with van der Waals surface area (Å²) in [6.45, 7) is 9.25. The van der Waals surface area contributed by atoms with Gasteiger partial charge >= 0.3 is 0 Å². The molecule has 0 aromatic carbocycles. The van der Waals surface area contributed by atoms with Gasteiger partial charge in [-0.05, 0) is 19.3 Å². The molecular weight excluding hydrogens is 170 g/mol. The molecule has 0 aliphatic rings. The highest BCUT2D eigenvalue weighted by Gasteiger charge is 1.94. The molecule has 0 saturated carbocycles. The summed E-state index contributed by atoms with van der Waals surface area (Å²) in [5.41, 5.74) is 4.20. The van der Waals surface area contributed by atoms with Crippen molar-refractivity contribution < 1.29 is 0 Å². The molecule has 0 rings (SSSR count). The lowest BCUT2D eigenvalue weighted by molar-refractivity contribution is 0.629. The fourth-order valence-corrected chi connectivity index (χ4v) is 1.41. The Morgan fingerprint density at radius 1 is 1.07 bits per heavy atom. The minimum atomic E-state index is 1.08. The molecule has 1 heteroatoms. The van der Waals surface area contributed by atoms with E-state index >= 15 is 0 Å². The number of rotatable bonds is 9. The second-order valence-electron chi connectivity index (χ2n) is 3.75. The van der Waals surface area contributed by atoms with Crippen LogP contribution in [0.5, 0.6) is 0 Å². The van der Waals surface area contributed by atoms with Gasteiger partial charge in [0.05, 0.1) is 5.70 Å². The van der Waals surface area contributed by atoms with E-state index in [4.69, 9.17) is 0 Å². The maximum atomic E-state index is 3.71. The van der Waals surface area contributed by atoms with Gasteiger partial charge in [-0.1, -0.05) is 46.1 Å². The molecular formula is C13H25N. The summed E-state index contributed by atoms with van der Waals surface area (Å²) in [7, 11) is 0. The van der Waals surface area contributed by atoms with Gasteiger partial charge in [-0.2, -0.15) is 0 Å². The third-order valence-corrected chi connectivity index (χ3v) is 2.36. The summed E-state index contributed by atoms with van der Waals surface area (Å²) in [5, 5.41) is 3.41. The van der Waals surface area contributed by atoms with E-state index in [0.29, 0.717) is 0 Å². The zero-order valence-corrected chi connectivity index (χ0v) is 9.86. The van der Waals surface area contributed by atoms with Crippen molar-refractivity contribution in [3.05, 3.63) is 18.0 Å². The van der Waals surface area contributed by atoms with Gasteiger partial charge in [0.1, 0.15) is 0 Å². The van der Waals surface area contributed by atoms with Crippen molar-refractivity contribution in [3.63, 3.8) is 0 Å². The lowest BCUT2D eigenvalue weighted by Crippen LogP contribution is -2.14. The third kappa shape index (κ3) is 7.94. The molecule has 0 heterocycles. The molecule has 0 aliphatic heterocycles. The van der Waals surface area contributed by atoms with Gasteiger partial charge in [0.2, 0.25) is 0 Å². The number of unbranched alkanes of at least 4 members (excludes halogenated alkanes) is 4. The predicted molar refractivity (Wildman–Crippen MR) is 64.3 cm³/mol. The minimum Gasteiger partial charge on any atom is -0.382 e. The monoisotopic (exact) mass is 195 g/mol. The van der Waals surface area contributed by atoms with E-state index in [1.165, 1.54) is 44.2 Å². The quantitative estimate of drug-likeness (QED) is 0.433. The van der Waals surface area contributed by atoms with E-state index in [-0.39, 0.29) is 0 Å². The molecule has 1 N–H and O–H groups in total. The molecule has 0 amide bonds. The van der Waals surface area contributed by atoms with Crippen LogP contribution in [0.4, 0.5) is 0 Å². The topological polar surface area (TPSA) is 12.0 Å². The van der Waals surface area contributed by atoms with Crippen LogP contribution in [0, 0.1) is 0 Å². The maximum absolute atomic E-state index is 3.71. The highest BCUT2D eigenvalue weighted by Crippen LogP contribution is 2.05. The molecule has 0 atom stereocenters. The average Bonchev–Trinajstić information content (AvgIpc) is 2.22. The Bertz CT molecular complexity index is 166. The summed E-state index contributed by atoms with van der Waals surface area (Å²) in [4.78, 5) is 0. The van der Waals surface area contributed by atoms with Crippen molar-refractivity contribution in [2.75, 3.05) is 6.54 Å². The molecule has 82 valence electrons. The Morgan fingerprint density at radius 3 is 2.29 bits per heavy atom. The summed E-state index contributed by atoms with van der Waals surface area (Å²) in [6.07, 6.45) is 8.81. The van der Waals surface area contributed by atoms with E-state index in [1.54, 1.807) is 0 Å². The zero-order chi connectivity index (χ0) is 10.6. The Kier molecular flexibility index (Phi) is 9.90. The van der Waals surface area contributed by atoms with Gasteiger partial charge in [-0.15, -0.1) is 5.73 Å². The van der Waals surface area contributed by atoms with Crippen molar-refractivity contribution in [3.8, 4) is 0 Å². The molecule has 14 heavy (non-hydrogen) atoms. The van der Waals surface area contributed by atoms with Gasteiger partial charge in [0, 0.05) is 6.54 Å². The Hall–Kier alpha value is -0.680. The third-order valence-electron chi connectivity index (χ3n) is 2.36. The summed E-state index contributed by atoms with van der Waals surface area (Å²) in [5.74, 6) is 0. The predicted octanol–water partition coefficient (Wildman–Crippen LogP) is 4.02. The van der Waals surface area contributed by atoms with Crippen molar-refractivity contribution >= 4 is 0 Å². The van der Waals surface area contributed by atoms with E-state index < -0.39 is 0 Å². The molecule has 0 saturated heterocycles. The van der Waals surface area contributed by atoms with Crippen LogP contribution >= 0.6 is 0 Å². The first-order valence-electron chi connectivity index (χ1n) is 5.97. The van der Waals surface area contributed by atoms with Crippen LogP contribution < -0.4 is 5.32 Å². The fourth-order valence-electron chi connectivity index (χ4n) is 1.41. The minimum absolute atomic E-state index is 1.08. The first kappa shape index (κ1) is 13.3. The molecule has 1 nitrogen and oxygen atoms in total. The summed E-state index contributed by atoms with van der Waals surface area (Å²) in [6, 6.07) is 0. The number of hydrogen-bond donors (Lipinski definition) is 1. The smallest absolute Gasteiger partial charge is 0.0531 e. The second kappa shape index (κ2) is 10.4. The van der Waals surface area contributed by atoms with Gasteiger partial charge in [0.25, 0.3) is 0 Å². The van der Waals surface area contributed by atoms with E-state index in [1.807, 2.05) is 0 Å². The SMILES string of the molecule is C=C=C(CCCCC)NCCCCC. The van der Waals surface area contributed by atoms with E-state index in [9.17, 15) is 0 Å². The van der Waals surface area contributed by atoms with Gasteiger partial charge in [0.15, 0.2) is 0 Å². The maximum Gasteiger partial charge on any atom is 0.0531 e. The van der Waals surface area contributed by atoms with Crippen molar-refractivity contribution in [1.29, 1.82) is 0 Å². The largest absolute Gasteiger partial charge is 0.382 e. The molecule has 0 unspecified atom stereocenters. The molecule has 0 radical (unpaired) electrons. The van der Waals surface area contributed by atoms with Crippen LogP contribution in [0.1, 0.15) is 58.8 Å². The van der Waals surface area contributed by atoms with Crippen molar-refractivity contribution in [2.45, 2.75) is 58.8 Å². The van der Waals surface area contributed by atoms with Crippen LogP contribution in [0.25, 0.3) is 0 Å².